The highest BCUT2D eigenvalue weighted by Gasteiger charge is 2.16. The fourth-order valence-electron chi connectivity index (χ4n) is 3.47. The molecule has 8 nitrogen and oxygen atoms in total. The maximum Gasteiger partial charge on any atom is 0.225 e. The van der Waals surface area contributed by atoms with Gasteiger partial charge in [0.2, 0.25) is 5.95 Å². The van der Waals surface area contributed by atoms with Crippen molar-refractivity contribution in [2.45, 2.75) is 6.42 Å². The lowest BCUT2D eigenvalue weighted by Crippen LogP contribution is -2.45. The number of aromatic nitrogens is 4. The second-order valence-corrected chi connectivity index (χ2v) is 7.34. The van der Waals surface area contributed by atoms with Gasteiger partial charge in [-0.3, -0.25) is 0 Å². The number of likely N-dealkylation sites (N-methyl/N-ethyl adjacent to an activating group) is 1. The Kier molecular flexibility index (Phi) is 6.34. The molecule has 156 valence electrons. The molecule has 0 atom stereocenters. The van der Waals surface area contributed by atoms with Crippen molar-refractivity contribution in [3.8, 4) is 17.0 Å². The van der Waals surface area contributed by atoms with Gasteiger partial charge in [0.1, 0.15) is 17.9 Å². The molecule has 8 heteroatoms. The highest BCUT2D eigenvalue weighted by Crippen LogP contribution is 2.20. The van der Waals surface area contributed by atoms with Crippen molar-refractivity contribution < 1.29 is 4.74 Å². The molecule has 0 unspecified atom stereocenters. The number of piperazine rings is 1. The SMILES string of the molecule is COc1ccccc1CCNc1cc(-c2cnc(N3CCN(C)CC3)nc2)ncn1. The third-order valence-electron chi connectivity index (χ3n) is 5.28. The van der Waals surface area contributed by atoms with E-state index in [2.05, 4.69) is 48.2 Å². The van der Waals surface area contributed by atoms with Crippen LogP contribution in [0.4, 0.5) is 11.8 Å². The van der Waals surface area contributed by atoms with Gasteiger partial charge in [-0.15, -0.1) is 0 Å². The summed E-state index contributed by atoms with van der Waals surface area (Å²) >= 11 is 0. The van der Waals surface area contributed by atoms with E-state index in [1.807, 2.05) is 36.7 Å². The first-order valence-electron chi connectivity index (χ1n) is 10.2. The molecule has 1 aliphatic heterocycles. The van der Waals surface area contributed by atoms with Crippen molar-refractivity contribution in [2.24, 2.45) is 0 Å². The molecule has 3 aromatic rings. The van der Waals surface area contributed by atoms with E-state index in [0.717, 1.165) is 73.5 Å². The lowest BCUT2D eigenvalue weighted by atomic mass is 10.1. The molecule has 1 N–H and O–H groups in total. The van der Waals surface area contributed by atoms with Gasteiger partial charge in [0.15, 0.2) is 0 Å². The molecule has 1 aromatic carbocycles. The summed E-state index contributed by atoms with van der Waals surface area (Å²) in [5, 5.41) is 3.36. The number of hydrogen-bond acceptors (Lipinski definition) is 8. The minimum atomic E-state index is 0.746. The van der Waals surface area contributed by atoms with Crippen LogP contribution >= 0.6 is 0 Å². The average molecular weight is 406 g/mol. The van der Waals surface area contributed by atoms with Crippen molar-refractivity contribution in [3.63, 3.8) is 0 Å². The summed E-state index contributed by atoms with van der Waals surface area (Å²) in [5.41, 5.74) is 2.84. The highest BCUT2D eigenvalue weighted by molar-refractivity contribution is 5.61. The zero-order valence-corrected chi connectivity index (χ0v) is 17.5. The molecule has 0 radical (unpaired) electrons. The first kappa shape index (κ1) is 20.0. The van der Waals surface area contributed by atoms with Crippen LogP contribution in [0.5, 0.6) is 5.75 Å². The topological polar surface area (TPSA) is 79.3 Å². The molecular weight excluding hydrogens is 378 g/mol. The maximum atomic E-state index is 5.41. The van der Waals surface area contributed by atoms with Crippen LogP contribution in [-0.4, -0.2) is 71.7 Å². The number of methoxy groups -OCH3 is 1. The van der Waals surface area contributed by atoms with Crippen molar-refractivity contribution >= 4 is 11.8 Å². The summed E-state index contributed by atoms with van der Waals surface area (Å²) in [5.74, 6) is 2.45. The summed E-state index contributed by atoms with van der Waals surface area (Å²) in [6, 6.07) is 9.97. The first-order valence-corrected chi connectivity index (χ1v) is 10.2. The number of anilines is 2. The van der Waals surface area contributed by atoms with E-state index in [9.17, 15) is 0 Å². The lowest BCUT2D eigenvalue weighted by Gasteiger charge is -2.32. The predicted molar refractivity (Wildman–Crippen MR) is 118 cm³/mol. The quantitative estimate of drug-likeness (QED) is 0.642. The second-order valence-electron chi connectivity index (χ2n) is 7.34. The van der Waals surface area contributed by atoms with E-state index < -0.39 is 0 Å². The van der Waals surface area contributed by atoms with Crippen LogP contribution in [0.1, 0.15) is 5.56 Å². The van der Waals surface area contributed by atoms with Crippen LogP contribution < -0.4 is 15.0 Å². The number of para-hydroxylation sites is 1. The van der Waals surface area contributed by atoms with E-state index in [1.165, 1.54) is 0 Å². The second kappa shape index (κ2) is 9.49. The first-order chi connectivity index (χ1) is 14.7. The Bertz CT molecular complexity index is 956. The van der Waals surface area contributed by atoms with Gasteiger partial charge < -0.3 is 19.9 Å². The summed E-state index contributed by atoms with van der Waals surface area (Å²) in [7, 11) is 3.83. The van der Waals surface area contributed by atoms with Crippen LogP contribution in [0.2, 0.25) is 0 Å². The summed E-state index contributed by atoms with van der Waals surface area (Å²) in [4.78, 5) is 22.4. The number of rotatable bonds is 7. The van der Waals surface area contributed by atoms with Crippen LogP contribution in [0, 0.1) is 0 Å². The van der Waals surface area contributed by atoms with Crippen molar-refractivity contribution in [1.82, 2.24) is 24.8 Å². The molecular formula is C22H27N7O. The number of benzene rings is 1. The van der Waals surface area contributed by atoms with Gasteiger partial charge in [0.25, 0.3) is 0 Å². The molecule has 1 aliphatic rings. The average Bonchev–Trinajstić information content (AvgIpc) is 2.80. The van der Waals surface area contributed by atoms with E-state index in [-0.39, 0.29) is 0 Å². The number of nitrogens with one attached hydrogen (secondary N) is 1. The highest BCUT2D eigenvalue weighted by atomic mass is 16.5. The molecule has 0 saturated carbocycles. The number of nitrogens with zero attached hydrogens (tertiary/aromatic N) is 6. The van der Waals surface area contributed by atoms with Gasteiger partial charge in [-0.05, 0) is 25.1 Å². The fraction of sp³-hybridized carbons (Fsp3) is 0.364. The Morgan fingerprint density at radius 3 is 2.53 bits per heavy atom. The van der Waals surface area contributed by atoms with Gasteiger partial charge in [-0.1, -0.05) is 18.2 Å². The molecule has 1 fully saturated rings. The fourth-order valence-corrected chi connectivity index (χ4v) is 3.47. The summed E-state index contributed by atoms with van der Waals surface area (Å²) in [6.07, 6.45) is 6.07. The Labute approximate surface area is 177 Å². The largest absolute Gasteiger partial charge is 0.496 e. The van der Waals surface area contributed by atoms with Gasteiger partial charge in [0, 0.05) is 56.7 Å². The van der Waals surface area contributed by atoms with Gasteiger partial charge in [-0.25, -0.2) is 19.9 Å². The predicted octanol–water partition coefficient (Wildman–Crippen LogP) is 2.35. The smallest absolute Gasteiger partial charge is 0.225 e. The summed E-state index contributed by atoms with van der Waals surface area (Å²) < 4.78 is 5.41. The Morgan fingerprint density at radius 1 is 1.00 bits per heavy atom. The molecule has 2 aromatic heterocycles. The van der Waals surface area contributed by atoms with Crippen molar-refractivity contribution in [2.75, 3.05) is 57.1 Å². The maximum absolute atomic E-state index is 5.41. The van der Waals surface area contributed by atoms with Gasteiger partial charge in [0.05, 0.1) is 12.8 Å². The van der Waals surface area contributed by atoms with Crippen LogP contribution in [0.15, 0.2) is 49.1 Å². The molecule has 0 aliphatic carbocycles. The monoisotopic (exact) mass is 405 g/mol. The van der Waals surface area contributed by atoms with E-state index in [0.29, 0.717) is 0 Å². The molecule has 4 rings (SSSR count). The molecule has 1 saturated heterocycles. The minimum absolute atomic E-state index is 0.746. The minimum Gasteiger partial charge on any atom is -0.496 e. The number of hydrogen-bond donors (Lipinski definition) is 1. The van der Waals surface area contributed by atoms with E-state index >= 15 is 0 Å². The molecule has 0 bridgehead atoms. The lowest BCUT2D eigenvalue weighted by molar-refractivity contribution is 0.311. The zero-order valence-electron chi connectivity index (χ0n) is 17.5. The zero-order chi connectivity index (χ0) is 20.8. The van der Waals surface area contributed by atoms with Gasteiger partial charge >= 0.3 is 0 Å². The van der Waals surface area contributed by atoms with Crippen LogP contribution in [-0.2, 0) is 6.42 Å². The number of ether oxygens (including phenoxy) is 1. The van der Waals surface area contributed by atoms with E-state index in [1.54, 1.807) is 13.4 Å². The normalized spacial score (nSPS) is 14.5. The van der Waals surface area contributed by atoms with Gasteiger partial charge in [-0.2, -0.15) is 0 Å². The molecule has 30 heavy (non-hydrogen) atoms. The Morgan fingerprint density at radius 2 is 1.77 bits per heavy atom. The molecule has 0 spiro atoms. The standard InChI is InChI=1S/C22H27N7O/c1-28-9-11-29(12-10-28)22-24-14-18(15-25-22)19-13-21(27-16-26-19)23-8-7-17-5-3-4-6-20(17)30-2/h3-6,13-16H,7-12H2,1-2H3,(H,23,26,27). The Balaban J connectivity index is 1.38. The van der Waals surface area contributed by atoms with E-state index in [4.69, 9.17) is 4.74 Å². The Hall–Kier alpha value is -3.26. The molecule has 0 amide bonds. The third kappa shape index (κ3) is 4.83. The van der Waals surface area contributed by atoms with Crippen molar-refractivity contribution in [3.05, 3.63) is 54.6 Å². The van der Waals surface area contributed by atoms with Crippen molar-refractivity contribution in [1.29, 1.82) is 0 Å². The third-order valence-corrected chi connectivity index (χ3v) is 5.28. The van der Waals surface area contributed by atoms with Crippen LogP contribution in [0.3, 0.4) is 0 Å². The van der Waals surface area contributed by atoms with Crippen LogP contribution in [0.25, 0.3) is 11.3 Å². The summed E-state index contributed by atoms with van der Waals surface area (Å²) in [6.45, 7) is 4.70. The molecule has 3 heterocycles.